The highest BCUT2D eigenvalue weighted by atomic mass is 16.1. The van der Waals surface area contributed by atoms with E-state index in [4.69, 9.17) is 4.98 Å². The van der Waals surface area contributed by atoms with Gasteiger partial charge in [-0.3, -0.25) is 9.59 Å². The number of fused-ring (bicyclic) bond motifs is 1. The van der Waals surface area contributed by atoms with Crippen LogP contribution in [0.4, 0.5) is 0 Å². The first-order chi connectivity index (χ1) is 12.0. The minimum Gasteiger partial charge on any atom is -0.356 e. The van der Waals surface area contributed by atoms with E-state index >= 15 is 0 Å². The highest BCUT2D eigenvalue weighted by Crippen LogP contribution is 2.23. The highest BCUT2D eigenvalue weighted by Gasteiger charge is 2.18. The number of nitrogens with zero attached hydrogens (tertiary/aromatic N) is 2. The number of carbonyl (C=O) groups excluding carboxylic acids is 2. The van der Waals surface area contributed by atoms with Gasteiger partial charge in [-0.15, -0.1) is 0 Å². The molecule has 0 aliphatic rings. The second-order valence-electron chi connectivity index (χ2n) is 6.58. The van der Waals surface area contributed by atoms with Crippen molar-refractivity contribution < 1.29 is 9.59 Å². The van der Waals surface area contributed by atoms with Crippen molar-refractivity contribution in [3.63, 3.8) is 0 Å². The number of imidazole rings is 1. The second kappa shape index (κ2) is 9.35. The van der Waals surface area contributed by atoms with E-state index in [0.29, 0.717) is 6.42 Å². The van der Waals surface area contributed by atoms with Crippen molar-refractivity contribution in [2.75, 3.05) is 6.54 Å². The molecule has 0 radical (unpaired) electrons. The van der Waals surface area contributed by atoms with Crippen LogP contribution in [-0.2, 0) is 16.0 Å². The first kappa shape index (κ1) is 19.2. The number of amides is 1. The molecule has 0 spiro atoms. The Labute approximate surface area is 149 Å². The van der Waals surface area contributed by atoms with Crippen molar-refractivity contribution in [3.8, 4) is 0 Å². The molecule has 1 unspecified atom stereocenters. The van der Waals surface area contributed by atoms with Gasteiger partial charge in [0.25, 0.3) is 0 Å². The van der Waals surface area contributed by atoms with Crippen molar-refractivity contribution in [3.05, 3.63) is 30.1 Å². The summed E-state index contributed by atoms with van der Waals surface area (Å²) in [6.07, 6.45) is 5.33. The summed E-state index contributed by atoms with van der Waals surface area (Å²) in [6.45, 7) is 6.30. The van der Waals surface area contributed by atoms with Gasteiger partial charge >= 0.3 is 0 Å². The highest BCUT2D eigenvalue weighted by molar-refractivity contribution is 5.83. The number of rotatable bonds is 10. The van der Waals surface area contributed by atoms with E-state index in [1.165, 1.54) is 0 Å². The number of aromatic nitrogens is 2. The maximum Gasteiger partial charge on any atom is 0.219 e. The van der Waals surface area contributed by atoms with Gasteiger partial charge in [-0.25, -0.2) is 4.98 Å². The number of para-hydroxylation sites is 2. The molecule has 0 fully saturated rings. The molecule has 1 N–H and O–H groups in total. The predicted molar refractivity (Wildman–Crippen MR) is 101 cm³/mol. The van der Waals surface area contributed by atoms with Gasteiger partial charge < -0.3 is 9.88 Å². The lowest BCUT2D eigenvalue weighted by Gasteiger charge is -2.15. The quantitative estimate of drug-likeness (QED) is 0.667. The minimum absolute atomic E-state index is 0.138. The topological polar surface area (TPSA) is 64.0 Å². The molecule has 0 saturated carbocycles. The SMILES string of the molecule is CCCC(=O)NCCCCCc1nc2ccccc2n1C(C)C(C)=O. The number of hydrogen-bond acceptors (Lipinski definition) is 3. The Morgan fingerprint density at radius 2 is 1.96 bits per heavy atom. The van der Waals surface area contributed by atoms with Crippen LogP contribution in [0.1, 0.15) is 64.7 Å². The summed E-state index contributed by atoms with van der Waals surface area (Å²) >= 11 is 0. The molecule has 2 rings (SSSR count). The van der Waals surface area contributed by atoms with Crippen molar-refractivity contribution in [2.45, 2.75) is 65.3 Å². The molecule has 1 heterocycles. The molecule has 1 aromatic carbocycles. The van der Waals surface area contributed by atoms with Crippen LogP contribution in [0.15, 0.2) is 24.3 Å². The molecule has 2 aromatic rings. The van der Waals surface area contributed by atoms with Crippen molar-refractivity contribution in [2.24, 2.45) is 0 Å². The molecule has 0 aliphatic heterocycles. The van der Waals surface area contributed by atoms with E-state index in [0.717, 1.165) is 55.5 Å². The molecule has 136 valence electrons. The fraction of sp³-hybridized carbons (Fsp3) is 0.550. The van der Waals surface area contributed by atoms with E-state index in [-0.39, 0.29) is 17.7 Å². The molecule has 5 nitrogen and oxygen atoms in total. The summed E-state index contributed by atoms with van der Waals surface area (Å²) < 4.78 is 2.07. The van der Waals surface area contributed by atoms with E-state index in [2.05, 4.69) is 9.88 Å². The van der Waals surface area contributed by atoms with Crippen LogP contribution < -0.4 is 5.32 Å². The number of carbonyl (C=O) groups is 2. The summed E-state index contributed by atoms with van der Waals surface area (Å²) in [5.41, 5.74) is 1.96. The smallest absolute Gasteiger partial charge is 0.219 e. The number of unbranched alkanes of at least 4 members (excludes halogenated alkanes) is 2. The Hall–Kier alpha value is -2.17. The predicted octanol–water partition coefficient (Wildman–Crippen LogP) is 3.82. The first-order valence-corrected chi connectivity index (χ1v) is 9.27. The van der Waals surface area contributed by atoms with Crippen LogP contribution in [0.3, 0.4) is 0 Å². The van der Waals surface area contributed by atoms with E-state index in [1.54, 1.807) is 6.92 Å². The van der Waals surface area contributed by atoms with Gasteiger partial charge in [-0.05, 0) is 45.2 Å². The number of aryl methyl sites for hydroxylation is 1. The lowest BCUT2D eigenvalue weighted by atomic mass is 10.1. The largest absolute Gasteiger partial charge is 0.356 e. The Morgan fingerprint density at radius 1 is 1.20 bits per heavy atom. The molecular weight excluding hydrogens is 314 g/mol. The van der Waals surface area contributed by atoms with Crippen LogP contribution in [0, 0.1) is 0 Å². The molecule has 0 bridgehead atoms. The van der Waals surface area contributed by atoms with Crippen molar-refractivity contribution in [1.82, 2.24) is 14.9 Å². The second-order valence-corrected chi connectivity index (χ2v) is 6.58. The van der Waals surface area contributed by atoms with Crippen molar-refractivity contribution in [1.29, 1.82) is 0 Å². The zero-order valence-electron chi connectivity index (χ0n) is 15.5. The standard InChI is InChI=1S/C20H29N3O2/c1-4-10-20(25)21-14-9-5-6-13-19-22-17-11-7-8-12-18(17)23(19)15(2)16(3)24/h7-8,11-12,15H,4-6,9-10,13-14H2,1-3H3,(H,21,25). The van der Waals surface area contributed by atoms with Gasteiger partial charge in [-0.1, -0.05) is 25.5 Å². The Kier molecular flexibility index (Phi) is 7.16. The molecule has 1 amide bonds. The summed E-state index contributed by atoms with van der Waals surface area (Å²) in [5, 5.41) is 2.94. The Bertz CT molecular complexity index is 721. The van der Waals surface area contributed by atoms with E-state index in [9.17, 15) is 9.59 Å². The number of hydrogen-bond donors (Lipinski definition) is 1. The van der Waals surface area contributed by atoms with Gasteiger partial charge in [0, 0.05) is 19.4 Å². The van der Waals surface area contributed by atoms with Gasteiger partial charge in [0.05, 0.1) is 17.1 Å². The zero-order valence-corrected chi connectivity index (χ0v) is 15.5. The van der Waals surface area contributed by atoms with Gasteiger partial charge in [0.1, 0.15) is 5.82 Å². The average Bonchev–Trinajstić information content (AvgIpc) is 2.95. The fourth-order valence-electron chi connectivity index (χ4n) is 3.01. The third-order valence-corrected chi connectivity index (χ3v) is 4.52. The van der Waals surface area contributed by atoms with Crippen LogP contribution in [-0.4, -0.2) is 27.8 Å². The maximum absolute atomic E-state index is 11.9. The maximum atomic E-state index is 11.9. The van der Waals surface area contributed by atoms with Gasteiger partial charge in [0.15, 0.2) is 5.78 Å². The number of benzene rings is 1. The number of Topliss-reactive ketones (excluding diaryl/α,β-unsaturated/α-hetero) is 1. The Balaban J connectivity index is 1.93. The lowest BCUT2D eigenvalue weighted by Crippen LogP contribution is -2.23. The molecule has 1 atom stereocenters. The van der Waals surface area contributed by atoms with Crippen LogP contribution >= 0.6 is 0 Å². The fourth-order valence-corrected chi connectivity index (χ4v) is 3.01. The van der Waals surface area contributed by atoms with Gasteiger partial charge in [0.2, 0.25) is 5.91 Å². The number of ketones is 1. The number of nitrogens with one attached hydrogen (secondary N) is 1. The molecule has 0 saturated heterocycles. The van der Waals surface area contributed by atoms with Gasteiger partial charge in [-0.2, -0.15) is 0 Å². The third kappa shape index (κ3) is 5.15. The zero-order chi connectivity index (χ0) is 18.2. The normalized spacial score (nSPS) is 12.3. The minimum atomic E-state index is -0.198. The third-order valence-electron chi connectivity index (χ3n) is 4.52. The van der Waals surface area contributed by atoms with Crippen LogP contribution in [0.2, 0.25) is 0 Å². The average molecular weight is 343 g/mol. The van der Waals surface area contributed by atoms with Crippen molar-refractivity contribution >= 4 is 22.7 Å². The first-order valence-electron chi connectivity index (χ1n) is 9.27. The summed E-state index contributed by atoms with van der Waals surface area (Å²) in [7, 11) is 0. The van der Waals surface area contributed by atoms with Crippen LogP contribution in [0.25, 0.3) is 11.0 Å². The summed E-state index contributed by atoms with van der Waals surface area (Å²) in [4.78, 5) is 28.0. The monoisotopic (exact) mass is 343 g/mol. The summed E-state index contributed by atoms with van der Waals surface area (Å²) in [5.74, 6) is 1.25. The van der Waals surface area contributed by atoms with E-state index < -0.39 is 0 Å². The summed E-state index contributed by atoms with van der Waals surface area (Å²) in [6, 6.07) is 7.77. The molecule has 25 heavy (non-hydrogen) atoms. The molecule has 1 aromatic heterocycles. The molecular formula is C20H29N3O2. The van der Waals surface area contributed by atoms with Crippen LogP contribution in [0.5, 0.6) is 0 Å². The lowest BCUT2D eigenvalue weighted by molar-refractivity contribution is -0.121. The Morgan fingerprint density at radius 3 is 2.68 bits per heavy atom. The molecule has 5 heteroatoms. The van der Waals surface area contributed by atoms with E-state index in [1.807, 2.05) is 38.1 Å². The molecule has 0 aliphatic carbocycles.